The minimum atomic E-state index is -0.685. The first-order valence-electron chi connectivity index (χ1n) is 4.35. The maximum Gasteiger partial charge on any atom is 0.218 e. The van der Waals surface area contributed by atoms with E-state index < -0.39 is 11.4 Å². The molecule has 0 atom stereocenters. The van der Waals surface area contributed by atoms with E-state index in [0.717, 1.165) is 0 Å². The highest BCUT2D eigenvalue weighted by atomic mass is 16.3. The Bertz CT molecular complexity index is 149. The summed E-state index contributed by atoms with van der Waals surface area (Å²) in [6.45, 7) is 1.92. The summed E-state index contributed by atoms with van der Waals surface area (Å²) in [5, 5.41) is 20.9. The first-order chi connectivity index (χ1) is 6.10. The van der Waals surface area contributed by atoms with Gasteiger partial charge in [0, 0.05) is 13.0 Å². The topological polar surface area (TPSA) is 95.6 Å². The highest BCUT2D eigenvalue weighted by Gasteiger charge is 2.25. The molecule has 0 aromatic heterocycles. The van der Waals surface area contributed by atoms with Gasteiger partial charge >= 0.3 is 0 Å². The highest BCUT2D eigenvalue weighted by Crippen LogP contribution is 2.07. The van der Waals surface area contributed by atoms with Crippen molar-refractivity contribution in [2.24, 2.45) is 5.73 Å². The van der Waals surface area contributed by atoms with E-state index in [4.69, 9.17) is 15.9 Å². The molecule has 78 valence electrons. The Kier molecular flexibility index (Phi) is 5.61. The van der Waals surface area contributed by atoms with Crippen LogP contribution in [0.15, 0.2) is 0 Å². The smallest absolute Gasteiger partial charge is 0.218 e. The second-order valence-electron chi connectivity index (χ2n) is 3.09. The fourth-order valence-corrected chi connectivity index (χ4v) is 0.961. The van der Waals surface area contributed by atoms with Gasteiger partial charge in [-0.2, -0.15) is 0 Å². The van der Waals surface area contributed by atoms with Gasteiger partial charge in [-0.05, 0) is 6.42 Å². The molecule has 5 nitrogen and oxygen atoms in total. The molecule has 0 heterocycles. The van der Waals surface area contributed by atoms with Crippen LogP contribution < -0.4 is 11.1 Å². The maximum absolute atomic E-state index is 10.4. The van der Waals surface area contributed by atoms with Crippen LogP contribution in [0.1, 0.15) is 19.8 Å². The molecule has 0 aliphatic carbocycles. The van der Waals surface area contributed by atoms with E-state index >= 15 is 0 Å². The number of carbonyl (C=O) groups excluding carboxylic acids is 1. The number of nitrogens with one attached hydrogen (secondary N) is 1. The molecule has 0 saturated carbocycles. The van der Waals surface area contributed by atoms with Crippen molar-refractivity contribution >= 4 is 5.91 Å². The molecule has 0 aromatic carbocycles. The lowest BCUT2D eigenvalue weighted by molar-refractivity contribution is -0.118. The van der Waals surface area contributed by atoms with Gasteiger partial charge in [0.25, 0.3) is 0 Å². The van der Waals surface area contributed by atoms with Crippen LogP contribution in [0.5, 0.6) is 0 Å². The molecule has 0 rings (SSSR count). The van der Waals surface area contributed by atoms with Crippen molar-refractivity contribution in [3.05, 3.63) is 0 Å². The van der Waals surface area contributed by atoms with Gasteiger partial charge in [0.2, 0.25) is 5.91 Å². The molecule has 13 heavy (non-hydrogen) atoms. The molecule has 0 fully saturated rings. The van der Waals surface area contributed by atoms with Crippen molar-refractivity contribution in [1.82, 2.24) is 5.32 Å². The molecule has 0 saturated heterocycles. The summed E-state index contributed by atoms with van der Waals surface area (Å²) in [6, 6.07) is 0. The molecule has 0 radical (unpaired) electrons. The highest BCUT2D eigenvalue weighted by molar-refractivity contribution is 5.73. The van der Waals surface area contributed by atoms with Gasteiger partial charge in [-0.15, -0.1) is 0 Å². The first-order valence-corrected chi connectivity index (χ1v) is 4.35. The average molecular weight is 190 g/mol. The molecule has 0 aliphatic heterocycles. The van der Waals surface area contributed by atoms with Gasteiger partial charge in [0.15, 0.2) is 0 Å². The van der Waals surface area contributed by atoms with Gasteiger partial charge in [-0.1, -0.05) is 6.92 Å². The maximum atomic E-state index is 10.4. The third-order valence-electron chi connectivity index (χ3n) is 2.15. The molecule has 0 spiro atoms. The number of amides is 1. The van der Waals surface area contributed by atoms with E-state index in [1.54, 1.807) is 0 Å². The number of hydrogen-bond acceptors (Lipinski definition) is 4. The Labute approximate surface area is 77.9 Å². The zero-order valence-corrected chi connectivity index (χ0v) is 7.92. The van der Waals surface area contributed by atoms with Crippen LogP contribution in [-0.2, 0) is 4.79 Å². The minimum Gasteiger partial charge on any atom is -0.394 e. The normalized spacial score (nSPS) is 11.6. The molecule has 0 aromatic rings. The lowest BCUT2D eigenvalue weighted by Crippen LogP contribution is -2.52. The van der Waals surface area contributed by atoms with Crippen LogP contribution in [0, 0.1) is 0 Å². The predicted octanol–water partition coefficient (Wildman–Crippen LogP) is -1.42. The molecule has 1 amide bonds. The fraction of sp³-hybridized carbons (Fsp3) is 0.875. The number of hydrogen-bond donors (Lipinski definition) is 4. The lowest BCUT2D eigenvalue weighted by atomic mass is 9.98. The second kappa shape index (κ2) is 5.90. The Morgan fingerprint density at radius 2 is 2.00 bits per heavy atom. The summed E-state index contributed by atoms with van der Waals surface area (Å²) in [7, 11) is 0. The Balaban J connectivity index is 3.88. The largest absolute Gasteiger partial charge is 0.394 e. The zero-order valence-electron chi connectivity index (χ0n) is 7.92. The van der Waals surface area contributed by atoms with Crippen molar-refractivity contribution in [2.45, 2.75) is 25.3 Å². The third kappa shape index (κ3) is 4.21. The van der Waals surface area contributed by atoms with Gasteiger partial charge in [-0.25, -0.2) is 0 Å². The summed E-state index contributed by atoms with van der Waals surface area (Å²) in [5.41, 5.74) is 4.26. The number of aliphatic hydroxyl groups excluding tert-OH is 2. The van der Waals surface area contributed by atoms with Crippen LogP contribution in [0.3, 0.4) is 0 Å². The molecule has 0 aliphatic rings. The minimum absolute atomic E-state index is 0.154. The van der Waals surface area contributed by atoms with Crippen molar-refractivity contribution in [3.63, 3.8) is 0 Å². The van der Waals surface area contributed by atoms with Crippen LogP contribution in [0.25, 0.3) is 0 Å². The van der Waals surface area contributed by atoms with Crippen molar-refractivity contribution in [3.8, 4) is 0 Å². The van der Waals surface area contributed by atoms with Gasteiger partial charge in [0.1, 0.15) is 0 Å². The van der Waals surface area contributed by atoms with Crippen molar-refractivity contribution < 1.29 is 15.0 Å². The number of aliphatic hydroxyl groups is 2. The third-order valence-corrected chi connectivity index (χ3v) is 2.15. The van der Waals surface area contributed by atoms with E-state index in [1.807, 2.05) is 6.92 Å². The summed E-state index contributed by atoms with van der Waals surface area (Å²) in [5.74, 6) is -0.395. The van der Waals surface area contributed by atoms with Gasteiger partial charge in [0.05, 0.1) is 18.8 Å². The Morgan fingerprint density at radius 3 is 2.31 bits per heavy atom. The van der Waals surface area contributed by atoms with Crippen LogP contribution in [0.2, 0.25) is 0 Å². The average Bonchev–Trinajstić information content (AvgIpc) is 2.13. The molecular formula is C8H18N2O3. The van der Waals surface area contributed by atoms with Crippen molar-refractivity contribution in [2.75, 3.05) is 19.8 Å². The predicted molar refractivity (Wildman–Crippen MR) is 49.0 cm³/mol. The number of nitrogens with two attached hydrogens (primary N) is 1. The zero-order chi connectivity index (χ0) is 10.3. The number of primary amides is 1. The first kappa shape index (κ1) is 12.3. The second-order valence-corrected chi connectivity index (χ2v) is 3.09. The number of carbonyl (C=O) groups is 1. The lowest BCUT2D eigenvalue weighted by Gasteiger charge is -2.29. The summed E-state index contributed by atoms with van der Waals surface area (Å²) < 4.78 is 0. The van der Waals surface area contributed by atoms with E-state index in [-0.39, 0.29) is 19.6 Å². The van der Waals surface area contributed by atoms with Crippen LogP contribution in [-0.4, -0.2) is 41.4 Å². The van der Waals surface area contributed by atoms with Crippen molar-refractivity contribution in [1.29, 1.82) is 0 Å². The monoisotopic (exact) mass is 190 g/mol. The van der Waals surface area contributed by atoms with E-state index in [2.05, 4.69) is 5.32 Å². The molecule has 5 heteroatoms. The quantitative estimate of drug-likeness (QED) is 0.396. The summed E-state index contributed by atoms with van der Waals surface area (Å²) >= 11 is 0. The summed E-state index contributed by atoms with van der Waals surface area (Å²) in [6.07, 6.45) is 0.806. The molecular weight excluding hydrogens is 172 g/mol. The van der Waals surface area contributed by atoms with E-state index in [1.165, 1.54) is 0 Å². The van der Waals surface area contributed by atoms with Gasteiger partial charge in [-0.3, -0.25) is 4.79 Å². The Morgan fingerprint density at radius 1 is 1.46 bits per heavy atom. The van der Waals surface area contributed by atoms with E-state index in [0.29, 0.717) is 13.0 Å². The Hall–Kier alpha value is -0.650. The summed E-state index contributed by atoms with van der Waals surface area (Å²) in [4.78, 5) is 10.4. The van der Waals surface area contributed by atoms with Gasteiger partial charge < -0.3 is 21.3 Å². The van der Waals surface area contributed by atoms with Crippen LogP contribution in [0.4, 0.5) is 0 Å². The molecule has 0 bridgehead atoms. The standard InChI is InChI=1S/C8H18N2O3/c1-2-8(5-11,6-12)10-4-3-7(9)13/h10-12H,2-6H2,1H3,(H2,9,13). The molecule has 0 unspecified atom stereocenters. The number of rotatable bonds is 7. The van der Waals surface area contributed by atoms with E-state index in [9.17, 15) is 4.79 Å². The fourth-order valence-electron chi connectivity index (χ4n) is 0.961. The molecule has 5 N–H and O–H groups in total. The SMILES string of the molecule is CCC(CO)(CO)NCCC(N)=O. The van der Waals surface area contributed by atoms with Crippen LogP contribution >= 0.6 is 0 Å².